The van der Waals surface area contributed by atoms with E-state index in [1.807, 2.05) is 12.1 Å². The summed E-state index contributed by atoms with van der Waals surface area (Å²) >= 11 is 3.16. The zero-order chi connectivity index (χ0) is 14.5. The molecule has 4 nitrogen and oxygen atoms in total. The van der Waals surface area contributed by atoms with Crippen molar-refractivity contribution < 1.29 is 9.13 Å². The van der Waals surface area contributed by atoms with Gasteiger partial charge < -0.3 is 4.74 Å². The fourth-order valence-corrected chi connectivity index (χ4v) is 1.92. The molecule has 6 heteroatoms. The number of rotatable bonds is 3. The van der Waals surface area contributed by atoms with Crippen LogP contribution in [0.25, 0.3) is 0 Å². The van der Waals surface area contributed by atoms with E-state index in [2.05, 4.69) is 20.9 Å². The quantitative estimate of drug-likeness (QED) is 0.809. The lowest BCUT2D eigenvalue weighted by atomic mass is 10.1. The minimum Gasteiger partial charge on any atom is -0.473 e. The summed E-state index contributed by atoms with van der Waals surface area (Å²) in [7, 11) is 0. The number of aromatic nitrogens is 1. The first-order valence-corrected chi connectivity index (χ1v) is 6.30. The normalized spacial score (nSPS) is 9.60. The lowest BCUT2D eigenvalue weighted by molar-refractivity contribution is 0.287. The summed E-state index contributed by atoms with van der Waals surface area (Å²) in [5, 5.41) is 17.5. The van der Waals surface area contributed by atoms with Crippen LogP contribution < -0.4 is 4.74 Å². The highest BCUT2D eigenvalue weighted by Crippen LogP contribution is 2.18. The molecule has 0 saturated heterocycles. The molecule has 0 aliphatic rings. The summed E-state index contributed by atoms with van der Waals surface area (Å²) < 4.78 is 19.5. The van der Waals surface area contributed by atoms with Gasteiger partial charge in [0.2, 0.25) is 5.88 Å². The number of nitrogens with zero attached hydrogens (tertiary/aromatic N) is 3. The third-order valence-electron chi connectivity index (χ3n) is 2.46. The molecule has 98 valence electrons. The number of benzene rings is 1. The molecule has 0 unspecified atom stereocenters. The Balaban J connectivity index is 2.15. The van der Waals surface area contributed by atoms with Crippen LogP contribution in [0.15, 0.2) is 34.9 Å². The van der Waals surface area contributed by atoms with Crippen molar-refractivity contribution in [1.82, 2.24) is 4.98 Å². The Hall–Kier alpha value is -2.44. The molecule has 0 atom stereocenters. The van der Waals surface area contributed by atoms with Gasteiger partial charge in [-0.15, -0.1) is 0 Å². The number of ether oxygens (including phenoxy) is 1. The SMILES string of the molecule is N#Cc1cc(Br)nc(OCc2ccc(C#N)cc2F)c1. The van der Waals surface area contributed by atoms with Crippen LogP contribution in [0.4, 0.5) is 4.39 Å². The molecule has 0 fully saturated rings. The maximum atomic E-state index is 13.7. The Kier molecular flexibility index (Phi) is 4.29. The third-order valence-corrected chi connectivity index (χ3v) is 2.86. The first-order valence-electron chi connectivity index (χ1n) is 5.51. The van der Waals surface area contributed by atoms with Crippen LogP contribution in [0.5, 0.6) is 5.88 Å². The minimum atomic E-state index is -0.514. The van der Waals surface area contributed by atoms with Gasteiger partial charge >= 0.3 is 0 Å². The van der Waals surface area contributed by atoms with E-state index in [4.69, 9.17) is 15.3 Å². The fraction of sp³-hybridized carbons (Fsp3) is 0.0714. The van der Waals surface area contributed by atoms with E-state index in [1.54, 1.807) is 6.07 Å². The number of hydrogen-bond donors (Lipinski definition) is 0. The number of hydrogen-bond acceptors (Lipinski definition) is 4. The van der Waals surface area contributed by atoms with Crippen molar-refractivity contribution in [2.45, 2.75) is 6.61 Å². The van der Waals surface area contributed by atoms with Crippen molar-refractivity contribution in [1.29, 1.82) is 10.5 Å². The molecule has 0 saturated carbocycles. The lowest BCUT2D eigenvalue weighted by Gasteiger charge is -2.07. The first kappa shape index (κ1) is 14.0. The molecule has 0 spiro atoms. The van der Waals surface area contributed by atoms with Crippen LogP contribution in [-0.4, -0.2) is 4.98 Å². The van der Waals surface area contributed by atoms with Crippen LogP contribution in [0.1, 0.15) is 16.7 Å². The lowest BCUT2D eigenvalue weighted by Crippen LogP contribution is -2.01. The highest BCUT2D eigenvalue weighted by atomic mass is 79.9. The van der Waals surface area contributed by atoms with E-state index in [1.165, 1.54) is 18.2 Å². The number of nitriles is 2. The van der Waals surface area contributed by atoms with E-state index in [-0.39, 0.29) is 18.1 Å². The second-order valence-corrected chi connectivity index (χ2v) is 4.65. The second kappa shape index (κ2) is 6.14. The van der Waals surface area contributed by atoms with Crippen molar-refractivity contribution >= 4 is 15.9 Å². The summed E-state index contributed by atoms with van der Waals surface area (Å²) in [6, 6.07) is 11.0. The van der Waals surface area contributed by atoms with Crippen molar-refractivity contribution in [3.8, 4) is 18.0 Å². The van der Waals surface area contributed by atoms with Crippen molar-refractivity contribution in [2.24, 2.45) is 0 Å². The molecular formula is C14H7BrFN3O. The molecule has 1 aromatic carbocycles. The van der Waals surface area contributed by atoms with Gasteiger partial charge in [0.05, 0.1) is 23.3 Å². The fourth-order valence-electron chi connectivity index (χ4n) is 1.50. The summed E-state index contributed by atoms with van der Waals surface area (Å²) in [5.74, 6) is -0.292. The first-order chi connectivity index (χ1) is 9.62. The standard InChI is InChI=1S/C14H7BrFN3O/c15-13-4-10(7-18)5-14(19-13)20-8-11-2-1-9(6-17)3-12(11)16/h1-5H,8H2. The molecule has 0 aliphatic carbocycles. The molecule has 1 aromatic heterocycles. The highest BCUT2D eigenvalue weighted by Gasteiger charge is 2.06. The van der Waals surface area contributed by atoms with Gasteiger partial charge in [0.1, 0.15) is 17.0 Å². The molecule has 20 heavy (non-hydrogen) atoms. The van der Waals surface area contributed by atoms with E-state index in [0.29, 0.717) is 15.7 Å². The molecular weight excluding hydrogens is 325 g/mol. The molecule has 2 rings (SSSR count). The van der Waals surface area contributed by atoms with Crippen molar-refractivity contribution in [3.63, 3.8) is 0 Å². The zero-order valence-electron chi connectivity index (χ0n) is 10.1. The van der Waals surface area contributed by atoms with Crippen LogP contribution in [-0.2, 0) is 6.61 Å². The molecule has 0 bridgehead atoms. The molecule has 2 aromatic rings. The Morgan fingerprint density at radius 1 is 1.15 bits per heavy atom. The van der Waals surface area contributed by atoms with Gasteiger partial charge in [-0.05, 0) is 34.1 Å². The van der Waals surface area contributed by atoms with Crippen LogP contribution >= 0.6 is 15.9 Å². The smallest absolute Gasteiger partial charge is 0.215 e. The van der Waals surface area contributed by atoms with Crippen LogP contribution in [0.3, 0.4) is 0 Å². The van der Waals surface area contributed by atoms with E-state index in [0.717, 1.165) is 6.07 Å². The maximum absolute atomic E-state index is 13.7. The molecule has 1 heterocycles. The van der Waals surface area contributed by atoms with Gasteiger partial charge in [-0.2, -0.15) is 10.5 Å². The predicted molar refractivity (Wildman–Crippen MR) is 72.1 cm³/mol. The maximum Gasteiger partial charge on any atom is 0.215 e. The van der Waals surface area contributed by atoms with Crippen molar-refractivity contribution in [3.05, 3.63) is 57.4 Å². The summed E-state index contributed by atoms with van der Waals surface area (Å²) in [6.07, 6.45) is 0. The summed E-state index contributed by atoms with van der Waals surface area (Å²) in [6.45, 7) is -0.0358. The average Bonchev–Trinajstić information content (AvgIpc) is 2.45. The van der Waals surface area contributed by atoms with Gasteiger partial charge in [0, 0.05) is 11.6 Å². The number of pyridine rings is 1. The predicted octanol–water partition coefficient (Wildman–Crippen LogP) is 3.31. The average molecular weight is 332 g/mol. The van der Waals surface area contributed by atoms with Gasteiger partial charge in [0.15, 0.2) is 0 Å². The van der Waals surface area contributed by atoms with E-state index >= 15 is 0 Å². The summed E-state index contributed by atoms with van der Waals surface area (Å²) in [5.41, 5.74) is 0.949. The molecule has 0 amide bonds. The van der Waals surface area contributed by atoms with Gasteiger partial charge in [0.25, 0.3) is 0 Å². The van der Waals surface area contributed by atoms with Gasteiger partial charge in [-0.3, -0.25) is 0 Å². The number of halogens is 2. The van der Waals surface area contributed by atoms with Crippen molar-refractivity contribution in [2.75, 3.05) is 0 Å². The topological polar surface area (TPSA) is 69.7 Å². The molecule has 0 aliphatic heterocycles. The molecule has 0 N–H and O–H groups in total. The third kappa shape index (κ3) is 3.31. The Morgan fingerprint density at radius 3 is 2.55 bits per heavy atom. The monoisotopic (exact) mass is 331 g/mol. The second-order valence-electron chi connectivity index (χ2n) is 3.84. The molecule has 0 radical (unpaired) electrons. The largest absolute Gasteiger partial charge is 0.473 e. The van der Waals surface area contributed by atoms with Gasteiger partial charge in [-0.25, -0.2) is 9.37 Å². The Bertz CT molecular complexity index is 734. The zero-order valence-corrected chi connectivity index (χ0v) is 11.7. The van der Waals surface area contributed by atoms with Crippen LogP contribution in [0.2, 0.25) is 0 Å². The Labute approximate surface area is 123 Å². The summed E-state index contributed by atoms with van der Waals surface area (Å²) in [4.78, 5) is 4.03. The van der Waals surface area contributed by atoms with Gasteiger partial charge in [-0.1, -0.05) is 6.07 Å². The van der Waals surface area contributed by atoms with E-state index in [9.17, 15) is 4.39 Å². The van der Waals surface area contributed by atoms with E-state index < -0.39 is 5.82 Å². The Morgan fingerprint density at radius 2 is 1.90 bits per heavy atom. The minimum absolute atomic E-state index is 0.0358. The highest BCUT2D eigenvalue weighted by molar-refractivity contribution is 9.10. The van der Waals surface area contributed by atoms with Crippen LogP contribution in [0, 0.1) is 28.5 Å².